The van der Waals surface area contributed by atoms with Gasteiger partial charge in [0.1, 0.15) is 12.2 Å². The van der Waals surface area contributed by atoms with Crippen molar-refractivity contribution in [1.29, 1.82) is 0 Å². The Hall–Kier alpha value is -5.22. The van der Waals surface area contributed by atoms with E-state index in [0.717, 1.165) is 16.5 Å². The maximum absolute atomic E-state index is 13.2. The van der Waals surface area contributed by atoms with Crippen LogP contribution in [0.5, 0.6) is 0 Å². The second kappa shape index (κ2) is 12.7. The van der Waals surface area contributed by atoms with Crippen LogP contribution in [0, 0.1) is 0 Å². The number of sulfone groups is 1. The first-order valence-electron chi connectivity index (χ1n) is 13.4. The van der Waals surface area contributed by atoms with E-state index in [-0.39, 0.29) is 23.7 Å². The van der Waals surface area contributed by atoms with Crippen LogP contribution in [0.1, 0.15) is 29.0 Å². The molecule has 218 valence electrons. The number of nitrogens with one attached hydrogen (secondary N) is 1. The summed E-state index contributed by atoms with van der Waals surface area (Å²) in [5.41, 5.74) is 3.36. The maximum Gasteiger partial charge on any atom is 0.322 e. The molecule has 1 unspecified atom stereocenters. The Bertz CT molecular complexity index is 1830. The Labute approximate surface area is 247 Å². The zero-order valence-corrected chi connectivity index (χ0v) is 23.6. The van der Waals surface area contributed by atoms with E-state index in [1.54, 1.807) is 72.8 Å². The maximum atomic E-state index is 13.2. The van der Waals surface area contributed by atoms with E-state index in [1.807, 2.05) is 24.3 Å². The van der Waals surface area contributed by atoms with Crippen LogP contribution in [-0.2, 0) is 30.8 Å². The highest BCUT2D eigenvalue weighted by Gasteiger charge is 2.34. The molecule has 0 fully saturated rings. The van der Waals surface area contributed by atoms with Gasteiger partial charge in [-0.1, -0.05) is 72.8 Å². The number of ether oxygens (including phenoxy) is 1. The normalized spacial score (nSPS) is 12.0. The number of benzene rings is 4. The zero-order chi connectivity index (χ0) is 30.4. The van der Waals surface area contributed by atoms with E-state index in [0.29, 0.717) is 16.8 Å². The lowest BCUT2D eigenvalue weighted by atomic mass is 10.1. The molecule has 9 nitrogen and oxygen atoms in total. The Morgan fingerprint density at radius 2 is 1.44 bits per heavy atom. The number of carboxylic acid groups (broad SMARTS) is 1. The Balaban J connectivity index is 1.21. The molecule has 10 heteroatoms. The first-order chi connectivity index (χ1) is 20.7. The molecule has 0 radical (unpaired) electrons. The number of fused-ring (bicyclic) bond motifs is 1. The number of esters is 1. The SMILES string of the molecule is O=C(CCC(C(=O)O)S(=O)(=O)c1ccc(-c2ccc(NC(=O)c3cc4ccccc4o3)cc2)cc1)OCc1ccccc1. The molecule has 2 N–H and O–H groups in total. The summed E-state index contributed by atoms with van der Waals surface area (Å²) in [7, 11) is -4.28. The molecule has 1 heterocycles. The predicted octanol–water partition coefficient (Wildman–Crippen LogP) is 6.10. The van der Waals surface area contributed by atoms with E-state index in [9.17, 15) is 27.9 Å². The fourth-order valence-electron chi connectivity index (χ4n) is 4.50. The molecule has 43 heavy (non-hydrogen) atoms. The van der Waals surface area contributed by atoms with Gasteiger partial charge >= 0.3 is 11.9 Å². The fourth-order valence-corrected chi connectivity index (χ4v) is 6.04. The fraction of sp³-hybridized carbons (Fsp3) is 0.121. The molecule has 1 aromatic heterocycles. The molecule has 0 saturated heterocycles. The zero-order valence-electron chi connectivity index (χ0n) is 22.8. The van der Waals surface area contributed by atoms with Gasteiger partial charge in [0.15, 0.2) is 20.8 Å². The highest BCUT2D eigenvalue weighted by atomic mass is 32.2. The van der Waals surface area contributed by atoms with Crippen molar-refractivity contribution in [2.45, 2.75) is 29.6 Å². The van der Waals surface area contributed by atoms with Crippen molar-refractivity contribution < 1.29 is 37.1 Å². The molecule has 0 saturated carbocycles. The summed E-state index contributed by atoms with van der Waals surface area (Å²) in [5.74, 6) is -2.43. The molecule has 5 aromatic rings. The minimum Gasteiger partial charge on any atom is -0.480 e. The van der Waals surface area contributed by atoms with Gasteiger partial charge in [-0.15, -0.1) is 0 Å². The monoisotopic (exact) mass is 597 g/mol. The largest absolute Gasteiger partial charge is 0.480 e. The molecule has 0 bridgehead atoms. The summed E-state index contributed by atoms with van der Waals surface area (Å²) in [6, 6.07) is 30.7. The summed E-state index contributed by atoms with van der Waals surface area (Å²) >= 11 is 0. The number of para-hydroxylation sites is 1. The molecule has 0 spiro atoms. The van der Waals surface area contributed by atoms with Gasteiger partial charge in [0.05, 0.1) is 4.90 Å². The molecule has 4 aromatic carbocycles. The van der Waals surface area contributed by atoms with Crippen molar-refractivity contribution in [3.63, 3.8) is 0 Å². The Morgan fingerprint density at radius 1 is 0.814 bits per heavy atom. The van der Waals surface area contributed by atoms with Gasteiger partial charge < -0.3 is 19.6 Å². The van der Waals surface area contributed by atoms with Crippen molar-refractivity contribution in [2.75, 3.05) is 5.32 Å². The smallest absolute Gasteiger partial charge is 0.322 e. The number of hydrogen-bond acceptors (Lipinski definition) is 7. The second-order valence-electron chi connectivity index (χ2n) is 9.76. The standard InChI is InChI=1S/C33H27NO8S/c35-31(41-21-22-6-2-1-3-7-22)19-18-30(33(37)38)43(39,40)27-16-12-24(13-17-27)23-10-14-26(15-11-23)34-32(36)29-20-25-8-4-5-9-28(25)42-29/h1-17,20,30H,18-19,21H2,(H,34,36)(H,37,38). The molecule has 0 aliphatic heterocycles. The second-order valence-corrected chi connectivity index (χ2v) is 11.9. The number of carbonyl (C=O) groups excluding carboxylic acids is 2. The molecule has 1 amide bonds. The van der Waals surface area contributed by atoms with Gasteiger partial charge in [-0.2, -0.15) is 0 Å². The third kappa shape index (κ3) is 6.99. The van der Waals surface area contributed by atoms with Crippen molar-refractivity contribution in [3.8, 4) is 11.1 Å². The van der Waals surface area contributed by atoms with Crippen LogP contribution in [0.15, 0.2) is 119 Å². The summed E-state index contributed by atoms with van der Waals surface area (Å²) in [5, 5.41) is 11.5. The van der Waals surface area contributed by atoms with Crippen LogP contribution < -0.4 is 5.32 Å². The molecule has 0 aliphatic carbocycles. The first-order valence-corrected chi connectivity index (χ1v) is 14.9. The van der Waals surface area contributed by atoms with Gasteiger partial charge in [0.25, 0.3) is 5.91 Å². The number of rotatable bonds is 11. The average molecular weight is 598 g/mol. The van der Waals surface area contributed by atoms with E-state index in [2.05, 4.69) is 5.32 Å². The number of carbonyl (C=O) groups is 3. The number of amides is 1. The van der Waals surface area contributed by atoms with E-state index in [1.165, 1.54) is 12.1 Å². The van der Waals surface area contributed by atoms with Crippen molar-refractivity contribution >= 4 is 44.3 Å². The van der Waals surface area contributed by atoms with Crippen molar-refractivity contribution in [1.82, 2.24) is 0 Å². The lowest BCUT2D eigenvalue weighted by molar-refractivity contribution is -0.145. The van der Waals surface area contributed by atoms with Gasteiger partial charge in [0.2, 0.25) is 0 Å². The quantitative estimate of drug-likeness (QED) is 0.174. The minimum absolute atomic E-state index is 0.0142. The van der Waals surface area contributed by atoms with E-state index in [4.69, 9.17) is 9.15 Å². The van der Waals surface area contributed by atoms with E-state index < -0.39 is 39.4 Å². The van der Waals surface area contributed by atoms with Crippen molar-refractivity contribution in [3.05, 3.63) is 121 Å². The van der Waals surface area contributed by atoms with Gasteiger partial charge in [0, 0.05) is 17.5 Å². The van der Waals surface area contributed by atoms with Crippen LogP contribution >= 0.6 is 0 Å². The lowest BCUT2D eigenvalue weighted by Gasteiger charge is -2.14. The lowest BCUT2D eigenvalue weighted by Crippen LogP contribution is -2.31. The minimum atomic E-state index is -4.28. The topological polar surface area (TPSA) is 140 Å². The number of carboxylic acids is 1. The average Bonchev–Trinajstić information content (AvgIpc) is 3.46. The summed E-state index contributed by atoms with van der Waals surface area (Å²) < 4.78 is 37.1. The Morgan fingerprint density at radius 3 is 2.09 bits per heavy atom. The molecular formula is C33H27NO8S. The van der Waals surface area contributed by atoms with Crippen LogP contribution in [0.3, 0.4) is 0 Å². The van der Waals surface area contributed by atoms with Gasteiger partial charge in [-0.3, -0.25) is 14.4 Å². The summed E-state index contributed by atoms with van der Waals surface area (Å²) in [6.45, 7) is 0.0142. The molecular weight excluding hydrogens is 570 g/mol. The number of hydrogen-bond donors (Lipinski definition) is 2. The van der Waals surface area contributed by atoms with Crippen LogP contribution in [0.25, 0.3) is 22.1 Å². The summed E-state index contributed by atoms with van der Waals surface area (Å²) in [6.07, 6.45) is -0.783. The van der Waals surface area contributed by atoms with Gasteiger partial charge in [-0.25, -0.2) is 8.42 Å². The highest BCUT2D eigenvalue weighted by molar-refractivity contribution is 7.92. The number of furan rings is 1. The van der Waals surface area contributed by atoms with Gasteiger partial charge in [-0.05, 0) is 59.5 Å². The highest BCUT2D eigenvalue weighted by Crippen LogP contribution is 2.27. The van der Waals surface area contributed by atoms with E-state index >= 15 is 0 Å². The molecule has 5 rings (SSSR count). The van der Waals surface area contributed by atoms with Crippen LogP contribution in [-0.4, -0.2) is 36.6 Å². The Kier molecular flexibility index (Phi) is 8.68. The number of aliphatic carboxylic acids is 1. The van der Waals surface area contributed by atoms with Crippen molar-refractivity contribution in [2.24, 2.45) is 0 Å². The number of anilines is 1. The molecule has 1 atom stereocenters. The predicted molar refractivity (Wildman–Crippen MR) is 160 cm³/mol. The van der Waals surface area contributed by atoms with Crippen LogP contribution in [0.2, 0.25) is 0 Å². The third-order valence-electron chi connectivity index (χ3n) is 6.81. The summed E-state index contributed by atoms with van der Waals surface area (Å²) in [4.78, 5) is 36.5. The molecule has 0 aliphatic rings. The third-order valence-corrected chi connectivity index (χ3v) is 8.93. The first kappa shape index (κ1) is 29.3. The van der Waals surface area contributed by atoms with Crippen LogP contribution in [0.4, 0.5) is 5.69 Å².